The lowest BCUT2D eigenvalue weighted by Crippen LogP contribution is -2.34. The largest absolute Gasteiger partial charge is 0.444 e. The number of ether oxygens (including phenoxy) is 1. The van der Waals surface area contributed by atoms with Crippen LogP contribution >= 0.6 is 0 Å². The summed E-state index contributed by atoms with van der Waals surface area (Å²) in [4.78, 5) is 22.7. The van der Waals surface area contributed by atoms with Gasteiger partial charge in [0.25, 0.3) is 0 Å². The molecule has 8 heteroatoms. The molecule has 0 spiro atoms. The number of amides is 1. The van der Waals surface area contributed by atoms with E-state index in [9.17, 15) is 14.0 Å². The summed E-state index contributed by atoms with van der Waals surface area (Å²) < 4.78 is 21.1. The lowest BCUT2D eigenvalue weighted by Gasteiger charge is -2.19. The fourth-order valence-electron chi connectivity index (χ4n) is 3.05. The van der Waals surface area contributed by atoms with Gasteiger partial charge in [0, 0.05) is 18.5 Å². The third-order valence-corrected chi connectivity index (χ3v) is 4.09. The van der Waals surface area contributed by atoms with Gasteiger partial charge in [-0.1, -0.05) is 5.21 Å². The average Bonchev–Trinajstić information content (AvgIpc) is 3.10. The molecule has 25 heavy (non-hydrogen) atoms. The number of carbonyl (C=O) groups excluding carboxylic acids is 2. The Morgan fingerprint density at radius 3 is 2.84 bits per heavy atom. The second-order valence-electron chi connectivity index (χ2n) is 7.23. The Kier molecular flexibility index (Phi) is 4.45. The summed E-state index contributed by atoms with van der Waals surface area (Å²) in [5, 5.41) is 10.8. The number of hydrogen-bond donors (Lipinski definition) is 1. The number of aldehydes is 1. The van der Waals surface area contributed by atoms with Crippen molar-refractivity contribution in [3.8, 4) is 0 Å². The highest BCUT2D eigenvalue weighted by atomic mass is 19.1. The molecule has 1 aromatic carbocycles. The van der Waals surface area contributed by atoms with Gasteiger partial charge in [-0.2, -0.15) is 0 Å². The first kappa shape index (κ1) is 17.3. The molecule has 0 aliphatic heterocycles. The van der Waals surface area contributed by atoms with Crippen molar-refractivity contribution in [1.82, 2.24) is 20.3 Å². The van der Waals surface area contributed by atoms with E-state index in [-0.39, 0.29) is 18.3 Å². The maximum absolute atomic E-state index is 14.3. The highest BCUT2D eigenvalue weighted by Crippen LogP contribution is 2.33. The minimum atomic E-state index is -0.567. The van der Waals surface area contributed by atoms with Gasteiger partial charge < -0.3 is 14.8 Å². The molecule has 7 nitrogen and oxygen atoms in total. The average molecular weight is 348 g/mol. The monoisotopic (exact) mass is 348 g/mol. The summed E-state index contributed by atoms with van der Waals surface area (Å²) in [5.41, 5.74) is 1.94. The summed E-state index contributed by atoms with van der Waals surface area (Å²) in [7, 11) is 0. The number of nitrogens with one attached hydrogen (secondary N) is 1. The summed E-state index contributed by atoms with van der Waals surface area (Å²) in [5.74, 6) is -0.537. The van der Waals surface area contributed by atoms with Crippen molar-refractivity contribution in [3.05, 3.63) is 23.0 Å². The van der Waals surface area contributed by atoms with Crippen molar-refractivity contribution in [2.24, 2.45) is 5.92 Å². The number of alkyl carbamates (subject to hydrolysis) is 1. The Hall–Kier alpha value is -2.51. The predicted molar refractivity (Wildman–Crippen MR) is 88.7 cm³/mol. The molecule has 2 aromatic rings. The molecule has 1 N–H and O–H groups in total. The van der Waals surface area contributed by atoms with E-state index in [1.54, 1.807) is 25.5 Å². The van der Waals surface area contributed by atoms with Crippen molar-refractivity contribution in [3.63, 3.8) is 0 Å². The quantitative estimate of drug-likeness (QED) is 0.854. The number of aromatic nitrogens is 3. The van der Waals surface area contributed by atoms with Crippen molar-refractivity contribution in [1.29, 1.82) is 0 Å². The van der Waals surface area contributed by atoms with Gasteiger partial charge in [0.15, 0.2) is 0 Å². The number of rotatable bonds is 4. The summed E-state index contributed by atoms with van der Waals surface area (Å²) >= 11 is 0. The SMILES string of the molecule is CC(C)(C)OC(=O)NCCn1nnc2c3c(c(F)cc21)CC(C=O)C3. The predicted octanol–water partition coefficient (Wildman–Crippen LogP) is 2.01. The normalized spacial score (nSPS) is 16.7. The van der Waals surface area contributed by atoms with E-state index in [4.69, 9.17) is 4.74 Å². The van der Waals surface area contributed by atoms with Crippen LogP contribution in [0.1, 0.15) is 31.9 Å². The van der Waals surface area contributed by atoms with Gasteiger partial charge in [0.2, 0.25) is 0 Å². The molecule has 1 unspecified atom stereocenters. The lowest BCUT2D eigenvalue weighted by molar-refractivity contribution is -0.110. The molecule has 1 atom stereocenters. The minimum absolute atomic E-state index is 0.200. The first-order valence-corrected chi connectivity index (χ1v) is 8.24. The Morgan fingerprint density at radius 1 is 1.44 bits per heavy atom. The van der Waals surface area contributed by atoms with Crippen LogP contribution in [0.15, 0.2) is 6.07 Å². The molecular weight excluding hydrogens is 327 g/mol. The Balaban J connectivity index is 1.73. The van der Waals surface area contributed by atoms with Gasteiger partial charge in [-0.05, 0) is 44.7 Å². The van der Waals surface area contributed by atoms with E-state index in [1.807, 2.05) is 0 Å². The molecule has 1 aromatic heterocycles. The molecule has 0 saturated carbocycles. The summed E-state index contributed by atoms with van der Waals surface area (Å²) in [6, 6.07) is 1.40. The van der Waals surface area contributed by atoms with Crippen LogP contribution in [0.3, 0.4) is 0 Å². The molecule has 3 rings (SSSR count). The second kappa shape index (κ2) is 6.42. The number of fused-ring (bicyclic) bond motifs is 3. The minimum Gasteiger partial charge on any atom is -0.444 e. The Labute approximate surface area is 144 Å². The van der Waals surface area contributed by atoms with Gasteiger partial charge in [0.1, 0.15) is 23.2 Å². The molecule has 1 aliphatic carbocycles. The summed E-state index contributed by atoms with van der Waals surface area (Å²) in [6.45, 7) is 5.97. The van der Waals surface area contributed by atoms with Gasteiger partial charge in [-0.15, -0.1) is 5.10 Å². The Bertz CT molecular complexity index is 825. The van der Waals surface area contributed by atoms with Crippen molar-refractivity contribution < 1.29 is 18.7 Å². The first-order valence-electron chi connectivity index (χ1n) is 8.24. The molecule has 0 radical (unpaired) electrons. The smallest absolute Gasteiger partial charge is 0.407 e. The van der Waals surface area contributed by atoms with E-state index < -0.39 is 11.7 Å². The van der Waals surface area contributed by atoms with E-state index in [1.165, 1.54) is 6.07 Å². The van der Waals surface area contributed by atoms with Crippen molar-refractivity contribution >= 4 is 23.4 Å². The zero-order valence-corrected chi connectivity index (χ0v) is 14.5. The molecule has 0 saturated heterocycles. The zero-order chi connectivity index (χ0) is 18.2. The van der Waals surface area contributed by atoms with Crippen molar-refractivity contribution in [2.45, 2.75) is 45.8 Å². The van der Waals surface area contributed by atoms with Crippen LogP contribution in [0.25, 0.3) is 11.0 Å². The van der Waals surface area contributed by atoms with Gasteiger partial charge >= 0.3 is 6.09 Å². The summed E-state index contributed by atoms with van der Waals surface area (Å²) in [6.07, 6.45) is 1.24. The maximum atomic E-state index is 14.3. The molecule has 0 bridgehead atoms. The number of halogens is 1. The van der Waals surface area contributed by atoms with Crippen LogP contribution in [0.5, 0.6) is 0 Å². The number of hydrogen-bond acceptors (Lipinski definition) is 5. The van der Waals surface area contributed by atoms with Crippen LogP contribution in [0.4, 0.5) is 9.18 Å². The molecule has 1 amide bonds. The standard InChI is InChI=1S/C17H21FN4O3/c1-17(2,3)25-16(24)19-4-5-22-14-8-13(18)11-6-10(9-23)7-12(11)15(14)20-21-22/h8-10H,4-7H2,1-3H3,(H,19,24). The first-order chi connectivity index (χ1) is 11.8. The fraction of sp³-hybridized carbons (Fsp3) is 0.529. The third kappa shape index (κ3) is 3.62. The van der Waals surface area contributed by atoms with E-state index >= 15 is 0 Å². The number of carbonyl (C=O) groups is 2. The van der Waals surface area contributed by atoms with Crippen molar-refractivity contribution in [2.75, 3.05) is 6.54 Å². The van der Waals surface area contributed by atoms with Gasteiger partial charge in [0.05, 0.1) is 12.1 Å². The third-order valence-electron chi connectivity index (χ3n) is 4.09. The maximum Gasteiger partial charge on any atom is 0.407 e. The number of benzene rings is 1. The molecule has 1 heterocycles. The zero-order valence-electron chi connectivity index (χ0n) is 14.5. The molecule has 1 aliphatic rings. The number of nitrogens with zero attached hydrogens (tertiary/aromatic N) is 3. The van der Waals surface area contributed by atoms with Crippen LogP contribution in [-0.4, -0.2) is 39.5 Å². The van der Waals surface area contributed by atoms with Gasteiger partial charge in [-0.25, -0.2) is 13.9 Å². The second-order valence-corrected chi connectivity index (χ2v) is 7.23. The molecule has 134 valence electrons. The molecule has 0 fully saturated rings. The van der Waals surface area contributed by atoms with Gasteiger partial charge in [-0.3, -0.25) is 0 Å². The molecular formula is C17H21FN4O3. The topological polar surface area (TPSA) is 86.1 Å². The van der Waals surface area contributed by atoms with E-state index in [2.05, 4.69) is 15.6 Å². The van der Waals surface area contributed by atoms with Crippen LogP contribution in [-0.2, 0) is 28.9 Å². The highest BCUT2D eigenvalue weighted by Gasteiger charge is 2.28. The van der Waals surface area contributed by atoms with E-state index in [0.29, 0.717) is 36.0 Å². The highest BCUT2D eigenvalue weighted by molar-refractivity contribution is 5.81. The van der Waals surface area contributed by atoms with Crippen LogP contribution in [0.2, 0.25) is 0 Å². The Morgan fingerprint density at radius 2 is 2.16 bits per heavy atom. The fourth-order valence-corrected chi connectivity index (χ4v) is 3.05. The van der Waals surface area contributed by atoms with E-state index in [0.717, 1.165) is 11.8 Å². The lowest BCUT2D eigenvalue weighted by atomic mass is 10.1. The van der Waals surface area contributed by atoms with Crippen LogP contribution in [0, 0.1) is 11.7 Å². The van der Waals surface area contributed by atoms with Crippen LogP contribution < -0.4 is 5.32 Å².